The van der Waals surface area contributed by atoms with Gasteiger partial charge < -0.3 is 10.1 Å². The highest BCUT2D eigenvalue weighted by atomic mass is 127. The van der Waals surface area contributed by atoms with Gasteiger partial charge in [0, 0.05) is 14.3 Å². The highest BCUT2D eigenvalue weighted by Crippen LogP contribution is 2.23. The average Bonchev–Trinajstić information content (AvgIpc) is 2.32. The molecule has 0 spiro atoms. The zero-order valence-corrected chi connectivity index (χ0v) is 13.4. The van der Waals surface area contributed by atoms with Gasteiger partial charge in [0.1, 0.15) is 6.04 Å². The van der Waals surface area contributed by atoms with Gasteiger partial charge in [0.05, 0.1) is 6.61 Å². The number of anilines is 1. The van der Waals surface area contributed by atoms with Crippen LogP contribution in [0.3, 0.4) is 0 Å². The summed E-state index contributed by atoms with van der Waals surface area (Å²) in [4.78, 5) is 11.8. The molecule has 0 amide bonds. The third-order valence-electron chi connectivity index (χ3n) is 2.41. The molecule has 1 rings (SSSR count). The van der Waals surface area contributed by atoms with E-state index in [9.17, 15) is 4.79 Å². The minimum absolute atomic E-state index is 0.204. The molecular weight excluding hydrogens is 365 g/mol. The first-order valence-electron chi connectivity index (χ1n) is 5.96. The van der Waals surface area contributed by atoms with Gasteiger partial charge in [-0.2, -0.15) is 0 Å². The number of rotatable bonds is 6. The number of hydrogen-bond acceptors (Lipinski definition) is 3. The Balaban J connectivity index is 2.79. The Kier molecular flexibility index (Phi) is 6.78. The summed E-state index contributed by atoms with van der Waals surface area (Å²) < 4.78 is 6.05. The van der Waals surface area contributed by atoms with Crippen molar-refractivity contribution >= 4 is 45.8 Å². The lowest BCUT2D eigenvalue weighted by Crippen LogP contribution is -2.31. The first kappa shape index (κ1) is 15.6. The highest BCUT2D eigenvalue weighted by molar-refractivity contribution is 14.1. The van der Waals surface area contributed by atoms with Gasteiger partial charge in [0.25, 0.3) is 0 Å². The van der Waals surface area contributed by atoms with E-state index in [0.29, 0.717) is 11.6 Å². The van der Waals surface area contributed by atoms with Gasteiger partial charge >= 0.3 is 5.97 Å². The normalized spacial score (nSPS) is 12.0. The largest absolute Gasteiger partial charge is 0.464 e. The van der Waals surface area contributed by atoms with Gasteiger partial charge in [0.15, 0.2) is 0 Å². The number of ether oxygens (including phenoxy) is 1. The molecule has 18 heavy (non-hydrogen) atoms. The molecule has 1 unspecified atom stereocenters. The third-order valence-corrected chi connectivity index (χ3v) is 3.54. The molecule has 1 aromatic carbocycles. The molecule has 0 saturated heterocycles. The van der Waals surface area contributed by atoms with Crippen molar-refractivity contribution in [2.45, 2.75) is 32.7 Å². The number of carbonyl (C=O) groups is 1. The summed E-state index contributed by atoms with van der Waals surface area (Å²) in [7, 11) is 0. The van der Waals surface area contributed by atoms with E-state index in [4.69, 9.17) is 16.3 Å². The van der Waals surface area contributed by atoms with Gasteiger partial charge in [-0.25, -0.2) is 4.79 Å². The lowest BCUT2D eigenvalue weighted by molar-refractivity contribution is -0.144. The van der Waals surface area contributed by atoms with E-state index in [1.165, 1.54) is 0 Å². The molecule has 0 aliphatic rings. The van der Waals surface area contributed by atoms with E-state index in [1.54, 1.807) is 6.07 Å². The number of benzene rings is 1. The first-order chi connectivity index (χ1) is 8.58. The Hall–Kier alpha value is -0.490. The van der Waals surface area contributed by atoms with Crippen molar-refractivity contribution in [1.29, 1.82) is 0 Å². The van der Waals surface area contributed by atoms with E-state index < -0.39 is 0 Å². The number of hydrogen-bond donors (Lipinski definition) is 1. The summed E-state index contributed by atoms with van der Waals surface area (Å²) in [6.45, 7) is 4.26. The van der Waals surface area contributed by atoms with Gasteiger partial charge in [-0.15, -0.1) is 0 Å². The Morgan fingerprint density at radius 1 is 1.50 bits per heavy atom. The van der Waals surface area contributed by atoms with E-state index in [2.05, 4.69) is 27.9 Å². The molecule has 100 valence electrons. The molecule has 1 N–H and O–H groups in total. The summed E-state index contributed by atoms with van der Waals surface area (Å²) in [5, 5.41) is 3.91. The van der Waals surface area contributed by atoms with Crippen LogP contribution in [0.2, 0.25) is 5.02 Å². The molecule has 0 radical (unpaired) electrons. The molecule has 1 atom stereocenters. The van der Waals surface area contributed by atoms with E-state index in [0.717, 1.165) is 22.1 Å². The molecule has 1 aromatic rings. The van der Waals surface area contributed by atoms with Crippen molar-refractivity contribution in [3.63, 3.8) is 0 Å². The van der Waals surface area contributed by atoms with Crippen LogP contribution in [-0.4, -0.2) is 18.6 Å². The van der Waals surface area contributed by atoms with Gasteiger partial charge in [-0.1, -0.05) is 24.9 Å². The minimum atomic E-state index is -0.301. The van der Waals surface area contributed by atoms with Crippen LogP contribution >= 0.6 is 34.2 Å². The molecule has 5 heteroatoms. The predicted octanol–water partition coefficient (Wildman–Crippen LogP) is 4.09. The molecular formula is C13H17ClINO2. The summed E-state index contributed by atoms with van der Waals surface area (Å²) >= 11 is 8.10. The van der Waals surface area contributed by atoms with Crippen molar-refractivity contribution in [2.75, 3.05) is 11.9 Å². The van der Waals surface area contributed by atoms with Gasteiger partial charge in [-0.05, 0) is 54.1 Å². The van der Waals surface area contributed by atoms with E-state index >= 15 is 0 Å². The maximum Gasteiger partial charge on any atom is 0.328 e. The summed E-state index contributed by atoms with van der Waals surface area (Å²) in [6.07, 6.45) is 1.66. The van der Waals surface area contributed by atoms with Crippen LogP contribution in [-0.2, 0) is 9.53 Å². The lowest BCUT2D eigenvalue weighted by atomic mass is 10.1. The third kappa shape index (κ3) is 4.65. The maximum atomic E-state index is 11.8. The van der Waals surface area contributed by atoms with Crippen LogP contribution in [0.1, 0.15) is 26.7 Å². The van der Waals surface area contributed by atoms with E-state index in [-0.39, 0.29) is 12.0 Å². The zero-order valence-electron chi connectivity index (χ0n) is 10.5. The predicted molar refractivity (Wildman–Crippen MR) is 83.1 cm³/mol. The van der Waals surface area contributed by atoms with Crippen LogP contribution in [0, 0.1) is 3.57 Å². The highest BCUT2D eigenvalue weighted by Gasteiger charge is 2.19. The molecule has 0 fully saturated rings. The van der Waals surface area contributed by atoms with Crippen molar-refractivity contribution in [3.8, 4) is 0 Å². The van der Waals surface area contributed by atoms with Crippen LogP contribution in [0.4, 0.5) is 5.69 Å². The second-order valence-electron chi connectivity index (χ2n) is 3.86. The van der Waals surface area contributed by atoms with Crippen molar-refractivity contribution < 1.29 is 9.53 Å². The summed E-state index contributed by atoms with van der Waals surface area (Å²) in [5.41, 5.74) is 0.909. The Morgan fingerprint density at radius 2 is 2.22 bits per heavy atom. The second kappa shape index (κ2) is 7.84. The standard InChI is InChI=1S/C13H17ClINO2/c1-3-5-12(13(17)18-4-2)16-11-7-6-9(14)8-10(11)15/h6-8,12,16H,3-5H2,1-2H3. The molecule has 0 saturated carbocycles. The fourth-order valence-corrected chi connectivity index (χ4v) is 2.60. The summed E-state index contributed by atoms with van der Waals surface area (Å²) in [6, 6.07) is 5.25. The van der Waals surface area contributed by atoms with Gasteiger partial charge in [0.2, 0.25) is 0 Å². The number of nitrogens with one attached hydrogen (secondary N) is 1. The Labute approximate surface area is 126 Å². The van der Waals surface area contributed by atoms with Crippen LogP contribution in [0.25, 0.3) is 0 Å². The number of esters is 1. The fraction of sp³-hybridized carbons (Fsp3) is 0.462. The fourth-order valence-electron chi connectivity index (χ4n) is 1.57. The Morgan fingerprint density at radius 3 is 2.78 bits per heavy atom. The van der Waals surface area contributed by atoms with Crippen molar-refractivity contribution in [2.24, 2.45) is 0 Å². The van der Waals surface area contributed by atoms with E-state index in [1.807, 2.05) is 26.0 Å². The van der Waals surface area contributed by atoms with Crippen LogP contribution in [0.5, 0.6) is 0 Å². The van der Waals surface area contributed by atoms with Crippen LogP contribution < -0.4 is 5.32 Å². The molecule has 0 aliphatic heterocycles. The number of halogens is 2. The number of carbonyl (C=O) groups excluding carboxylic acids is 1. The molecule has 0 aromatic heterocycles. The molecule has 0 bridgehead atoms. The average molecular weight is 382 g/mol. The topological polar surface area (TPSA) is 38.3 Å². The monoisotopic (exact) mass is 381 g/mol. The second-order valence-corrected chi connectivity index (χ2v) is 5.46. The van der Waals surface area contributed by atoms with Crippen molar-refractivity contribution in [1.82, 2.24) is 0 Å². The zero-order chi connectivity index (χ0) is 13.5. The van der Waals surface area contributed by atoms with Crippen molar-refractivity contribution in [3.05, 3.63) is 26.8 Å². The SMILES string of the molecule is CCCC(Nc1ccc(Cl)cc1I)C(=O)OCC. The Bertz CT molecular complexity index is 412. The summed E-state index contributed by atoms with van der Waals surface area (Å²) in [5.74, 6) is -0.204. The van der Waals surface area contributed by atoms with Crippen LogP contribution in [0.15, 0.2) is 18.2 Å². The molecule has 0 heterocycles. The smallest absolute Gasteiger partial charge is 0.328 e. The van der Waals surface area contributed by atoms with Gasteiger partial charge in [-0.3, -0.25) is 0 Å². The minimum Gasteiger partial charge on any atom is -0.464 e. The quantitative estimate of drug-likeness (QED) is 0.596. The first-order valence-corrected chi connectivity index (χ1v) is 7.42. The molecule has 3 nitrogen and oxygen atoms in total. The molecule has 0 aliphatic carbocycles. The lowest BCUT2D eigenvalue weighted by Gasteiger charge is -2.18. The maximum absolute atomic E-state index is 11.8.